The lowest BCUT2D eigenvalue weighted by molar-refractivity contribution is -0.344. The number of methoxy groups -OCH3 is 1. The van der Waals surface area contributed by atoms with Crippen molar-refractivity contribution >= 4 is 35.8 Å². The molecule has 2 heterocycles. The molecule has 4 N–H and O–H groups in total. The molecule has 3 fully saturated rings. The van der Waals surface area contributed by atoms with E-state index in [9.17, 15) is 39.3 Å². The van der Waals surface area contributed by atoms with Crippen molar-refractivity contribution in [2.45, 2.75) is 122 Å². The highest BCUT2D eigenvalue weighted by atomic mass is 16.8. The first-order valence-corrected chi connectivity index (χ1v) is 19.7. The van der Waals surface area contributed by atoms with Crippen molar-refractivity contribution in [2.75, 3.05) is 13.7 Å². The number of nitrogens with one attached hydrogen (secondary N) is 1. The number of Topliss-reactive ketones (excluding diaryl/α,β-unsaturated/α-hetero) is 1. The number of rotatable bonds is 9. The highest BCUT2D eigenvalue weighted by molar-refractivity contribution is 5.96. The molecule has 1 unspecified atom stereocenters. The highest BCUT2D eigenvalue weighted by Gasteiger charge is 2.78. The van der Waals surface area contributed by atoms with E-state index in [4.69, 9.17) is 32.8 Å². The number of aliphatic hydroxyl groups is 3. The SMILES string of the molecule is COC(=O)O[C@@]12CO[C@@H]1C[C@H](O)[C@@]1(C)C(=O)[C@H](OC(C)=O)C3=C(C)[C@@H](OC(=O)[C@H](O)[C@@H](NC(=O)c4ccco4)C(C)(C)C)C[C@@](O)([C@@H](OC(=O)c4ccccc4)C12)C3(C)C. The van der Waals surface area contributed by atoms with E-state index in [1.54, 1.807) is 39.0 Å². The second-order valence-corrected chi connectivity index (χ2v) is 17.9. The van der Waals surface area contributed by atoms with Gasteiger partial charge in [0.15, 0.2) is 29.4 Å². The molecule has 2 bridgehead atoms. The van der Waals surface area contributed by atoms with Crippen LogP contribution in [0.25, 0.3) is 0 Å². The number of carbonyl (C=O) groups is 6. The Balaban J connectivity index is 1.55. The molecule has 0 spiro atoms. The van der Waals surface area contributed by atoms with Gasteiger partial charge in [-0.15, -0.1) is 0 Å². The van der Waals surface area contributed by atoms with Gasteiger partial charge in [-0.3, -0.25) is 14.4 Å². The number of hydrogen-bond donors (Lipinski definition) is 4. The van der Waals surface area contributed by atoms with Crippen LogP contribution in [-0.4, -0.2) is 119 Å². The number of ether oxygens (including phenoxy) is 6. The first kappa shape index (κ1) is 44.5. The maximum atomic E-state index is 15.4. The number of carbonyl (C=O) groups excluding carboxylic acids is 6. The van der Waals surface area contributed by atoms with Crippen LogP contribution in [0.1, 0.15) is 89.1 Å². The van der Waals surface area contributed by atoms with Crippen LogP contribution >= 0.6 is 0 Å². The summed E-state index contributed by atoms with van der Waals surface area (Å²) in [6, 6.07) is 9.41. The van der Waals surface area contributed by atoms with Gasteiger partial charge in [0, 0.05) is 25.2 Å². The topological polar surface area (TPSA) is 244 Å². The van der Waals surface area contributed by atoms with E-state index >= 15 is 4.79 Å². The zero-order chi connectivity index (χ0) is 44.3. The molecule has 17 heteroatoms. The molecule has 326 valence electrons. The summed E-state index contributed by atoms with van der Waals surface area (Å²) < 4.78 is 40.1. The summed E-state index contributed by atoms with van der Waals surface area (Å²) in [4.78, 5) is 82.9. The summed E-state index contributed by atoms with van der Waals surface area (Å²) in [5.74, 6) is -6.41. The Morgan fingerprint density at radius 3 is 2.20 bits per heavy atom. The molecule has 1 aromatic heterocycles. The number of esters is 3. The molecule has 1 saturated heterocycles. The molecule has 4 aliphatic rings. The maximum absolute atomic E-state index is 15.4. The van der Waals surface area contributed by atoms with Gasteiger partial charge in [-0.1, -0.05) is 52.8 Å². The summed E-state index contributed by atoms with van der Waals surface area (Å²) in [5.41, 5.74) is -8.87. The monoisotopic (exact) mass is 839 g/mol. The van der Waals surface area contributed by atoms with Crippen molar-refractivity contribution in [3.05, 3.63) is 71.2 Å². The molecule has 11 atom stereocenters. The quantitative estimate of drug-likeness (QED) is 0.161. The third-order valence-corrected chi connectivity index (χ3v) is 13.1. The lowest BCUT2D eigenvalue weighted by Crippen LogP contribution is -2.82. The Morgan fingerprint density at radius 1 is 0.983 bits per heavy atom. The van der Waals surface area contributed by atoms with Gasteiger partial charge in [0.25, 0.3) is 5.91 Å². The Hall–Kier alpha value is -5.10. The third kappa shape index (κ3) is 7.18. The summed E-state index contributed by atoms with van der Waals surface area (Å²) in [6.07, 6.45) is -10.7. The minimum Gasteiger partial charge on any atom is -0.459 e. The van der Waals surface area contributed by atoms with Crippen molar-refractivity contribution in [3.63, 3.8) is 0 Å². The molecular formula is C43H53NO16. The summed E-state index contributed by atoms with van der Waals surface area (Å²) >= 11 is 0. The Kier molecular flexibility index (Phi) is 11.7. The predicted molar refractivity (Wildman–Crippen MR) is 206 cm³/mol. The molecule has 2 aromatic rings. The number of furan rings is 1. The van der Waals surface area contributed by atoms with Crippen LogP contribution < -0.4 is 5.32 Å². The lowest BCUT2D eigenvalue weighted by atomic mass is 9.44. The molecule has 6 rings (SSSR count). The van der Waals surface area contributed by atoms with E-state index in [-0.39, 0.29) is 35.5 Å². The summed E-state index contributed by atoms with van der Waals surface area (Å²) in [6.45, 7) is 11.7. The standard InChI is InChI=1S/C43H53NO16/c1-21-25(58-37(51)29(47)32(39(3,4)5)44-35(49)24-16-13-17-55-24)19-43(53)34(59-36(50)23-14-11-10-12-15-23)31-41(8,33(48)30(57-22(2)45)28(21)40(43,6)7)26(46)18-27-42(31,20-56-27)60-38(52)54-9/h10-17,25-27,29-32,34,46-47,53H,18-20H2,1-9H3,(H,44,49)/t25-,26-,27+,29+,30+,31?,32+,34-,41+,42-,43+/m0/s1. The van der Waals surface area contributed by atoms with Crippen LogP contribution in [-0.2, 0) is 42.8 Å². The van der Waals surface area contributed by atoms with Gasteiger partial charge in [0.05, 0.1) is 49.0 Å². The maximum Gasteiger partial charge on any atom is 0.508 e. The van der Waals surface area contributed by atoms with Crippen molar-refractivity contribution in [3.8, 4) is 0 Å². The van der Waals surface area contributed by atoms with E-state index in [1.165, 1.54) is 58.2 Å². The van der Waals surface area contributed by atoms with E-state index in [0.717, 1.165) is 14.0 Å². The molecule has 17 nitrogen and oxygen atoms in total. The first-order valence-electron chi connectivity index (χ1n) is 19.7. The minimum absolute atomic E-state index is 0.0233. The molecule has 2 saturated carbocycles. The fourth-order valence-electron chi connectivity index (χ4n) is 9.68. The number of aliphatic hydroxyl groups excluding tert-OH is 2. The van der Waals surface area contributed by atoms with Crippen molar-refractivity contribution in [1.82, 2.24) is 5.32 Å². The first-order chi connectivity index (χ1) is 27.9. The van der Waals surface area contributed by atoms with Gasteiger partial charge in [-0.25, -0.2) is 14.4 Å². The Labute approximate surface area is 346 Å². The van der Waals surface area contributed by atoms with Gasteiger partial charge < -0.3 is 53.5 Å². The second-order valence-electron chi connectivity index (χ2n) is 17.9. The van der Waals surface area contributed by atoms with E-state index in [1.807, 2.05) is 0 Å². The van der Waals surface area contributed by atoms with Gasteiger partial charge in [0.2, 0.25) is 0 Å². The van der Waals surface area contributed by atoms with Crippen LogP contribution in [0.4, 0.5) is 4.79 Å². The molecule has 1 aliphatic heterocycles. The normalized spacial score (nSPS) is 32.9. The van der Waals surface area contributed by atoms with Gasteiger partial charge in [0.1, 0.15) is 23.9 Å². The number of amides is 1. The molecule has 0 radical (unpaired) electrons. The van der Waals surface area contributed by atoms with Gasteiger partial charge in [-0.2, -0.15) is 0 Å². The largest absolute Gasteiger partial charge is 0.508 e. The highest BCUT2D eigenvalue weighted by Crippen LogP contribution is 2.64. The minimum atomic E-state index is -2.42. The Bertz CT molecular complexity index is 2050. The third-order valence-electron chi connectivity index (χ3n) is 13.1. The molecule has 60 heavy (non-hydrogen) atoms. The Morgan fingerprint density at radius 2 is 1.65 bits per heavy atom. The van der Waals surface area contributed by atoms with Gasteiger partial charge in [-0.05, 0) is 54.7 Å². The van der Waals surface area contributed by atoms with Crippen LogP contribution in [0.3, 0.4) is 0 Å². The number of fused-ring (bicyclic) bond motifs is 5. The average molecular weight is 840 g/mol. The smallest absolute Gasteiger partial charge is 0.459 e. The molecular weight excluding hydrogens is 786 g/mol. The van der Waals surface area contributed by atoms with E-state index in [2.05, 4.69) is 5.32 Å². The lowest BCUT2D eigenvalue weighted by Gasteiger charge is -2.67. The molecule has 1 aromatic carbocycles. The van der Waals surface area contributed by atoms with Gasteiger partial charge >= 0.3 is 24.1 Å². The molecule has 1 amide bonds. The van der Waals surface area contributed by atoms with Crippen LogP contribution in [0.2, 0.25) is 0 Å². The van der Waals surface area contributed by atoms with Crippen molar-refractivity contribution < 1.29 is 76.9 Å². The number of benzene rings is 1. The van der Waals surface area contributed by atoms with Crippen molar-refractivity contribution in [1.29, 1.82) is 0 Å². The van der Waals surface area contributed by atoms with Crippen LogP contribution in [0.15, 0.2) is 64.3 Å². The van der Waals surface area contributed by atoms with Crippen LogP contribution in [0, 0.1) is 22.2 Å². The predicted octanol–water partition coefficient (Wildman–Crippen LogP) is 3.22. The summed E-state index contributed by atoms with van der Waals surface area (Å²) in [5, 5.41) is 39.9. The van der Waals surface area contributed by atoms with E-state index in [0.29, 0.717) is 0 Å². The van der Waals surface area contributed by atoms with Crippen molar-refractivity contribution in [2.24, 2.45) is 22.2 Å². The second kappa shape index (κ2) is 15.7. The molecule has 3 aliphatic carbocycles. The fourth-order valence-corrected chi connectivity index (χ4v) is 9.68. The van der Waals surface area contributed by atoms with Crippen LogP contribution in [0.5, 0.6) is 0 Å². The summed E-state index contributed by atoms with van der Waals surface area (Å²) in [7, 11) is 1.06. The average Bonchev–Trinajstić information content (AvgIpc) is 3.73. The zero-order valence-corrected chi connectivity index (χ0v) is 35.0. The number of ketones is 1. The fraction of sp³-hybridized carbons (Fsp3) is 0.581. The zero-order valence-electron chi connectivity index (χ0n) is 35.0. The number of hydrogen-bond acceptors (Lipinski definition) is 16. The van der Waals surface area contributed by atoms with E-state index < -0.39 is 118 Å².